The lowest BCUT2D eigenvalue weighted by Gasteiger charge is -2.46. The number of carbonyl (C=O) groups is 1. The minimum Gasteiger partial charge on any atom is -0.378 e. The van der Waals surface area contributed by atoms with E-state index < -0.39 is 5.54 Å². The van der Waals surface area contributed by atoms with E-state index in [1.165, 1.54) is 24.0 Å². The van der Waals surface area contributed by atoms with Crippen molar-refractivity contribution in [3.05, 3.63) is 35.4 Å². The quantitative estimate of drug-likeness (QED) is 0.737. The van der Waals surface area contributed by atoms with Gasteiger partial charge in [-0.2, -0.15) is 0 Å². The average molecular weight is 400 g/mol. The maximum Gasteiger partial charge on any atom is 0.243 e. The number of benzene rings is 1. The van der Waals surface area contributed by atoms with Gasteiger partial charge in [-0.05, 0) is 43.4 Å². The number of likely N-dealkylation sites (N-methyl/N-ethyl adjacent to an activating group) is 2. The fraction of sp³-hybridized carbons (Fsp3) is 0.708. The highest BCUT2D eigenvalue weighted by Crippen LogP contribution is 2.37. The Morgan fingerprint density at radius 3 is 2.41 bits per heavy atom. The molecule has 0 radical (unpaired) electrons. The standard InChI is InChI=1S/C24H37N3O2/c1-3-26-13-15-27(16-14-26)24(18-20-8-4-5-9-21(20)19-24)23(28)25(2)12-11-22-10-6-7-17-29-22/h4-5,8-9,22H,3,6-7,10-19H2,1-2H3. The first kappa shape index (κ1) is 20.8. The molecular weight excluding hydrogens is 362 g/mol. The van der Waals surface area contributed by atoms with E-state index in [2.05, 4.69) is 41.0 Å². The van der Waals surface area contributed by atoms with Crippen LogP contribution in [0.1, 0.15) is 43.7 Å². The van der Waals surface area contributed by atoms with Crippen molar-refractivity contribution in [2.24, 2.45) is 0 Å². The lowest BCUT2D eigenvalue weighted by atomic mass is 9.90. The van der Waals surface area contributed by atoms with E-state index in [1.54, 1.807) is 0 Å². The van der Waals surface area contributed by atoms with Crippen LogP contribution in [-0.2, 0) is 22.4 Å². The molecule has 5 heteroatoms. The van der Waals surface area contributed by atoms with Crippen molar-refractivity contribution >= 4 is 5.91 Å². The summed E-state index contributed by atoms with van der Waals surface area (Å²) in [5.41, 5.74) is 2.29. The van der Waals surface area contributed by atoms with Gasteiger partial charge in [0.25, 0.3) is 0 Å². The van der Waals surface area contributed by atoms with Crippen molar-refractivity contribution in [3.63, 3.8) is 0 Å². The lowest BCUT2D eigenvalue weighted by Crippen LogP contribution is -2.64. The summed E-state index contributed by atoms with van der Waals surface area (Å²) in [4.78, 5) is 20.9. The first-order valence-corrected chi connectivity index (χ1v) is 11.5. The van der Waals surface area contributed by atoms with Gasteiger partial charge in [0.2, 0.25) is 5.91 Å². The molecule has 0 bridgehead atoms. The van der Waals surface area contributed by atoms with Gasteiger partial charge in [-0.3, -0.25) is 9.69 Å². The second kappa shape index (κ2) is 9.15. The molecule has 4 rings (SSSR count). The maximum atomic E-state index is 13.9. The van der Waals surface area contributed by atoms with Crippen LogP contribution in [0.3, 0.4) is 0 Å². The second-order valence-corrected chi connectivity index (χ2v) is 9.08. The maximum absolute atomic E-state index is 13.9. The monoisotopic (exact) mass is 399 g/mol. The Balaban J connectivity index is 1.48. The van der Waals surface area contributed by atoms with E-state index in [4.69, 9.17) is 4.74 Å². The summed E-state index contributed by atoms with van der Waals surface area (Å²) in [6.45, 7) is 9.06. The zero-order valence-electron chi connectivity index (χ0n) is 18.2. The number of hydrogen-bond acceptors (Lipinski definition) is 4. The van der Waals surface area contributed by atoms with Crippen LogP contribution in [0.15, 0.2) is 24.3 Å². The van der Waals surface area contributed by atoms with Crippen LogP contribution in [0.2, 0.25) is 0 Å². The third-order valence-electron chi connectivity index (χ3n) is 7.31. The number of nitrogens with zero attached hydrogens (tertiary/aromatic N) is 3. The molecule has 1 aliphatic carbocycles. The molecule has 2 heterocycles. The minimum atomic E-state index is -0.411. The molecule has 1 unspecified atom stereocenters. The number of carbonyl (C=O) groups excluding carboxylic acids is 1. The molecule has 2 fully saturated rings. The normalized spacial score (nSPS) is 25.0. The molecule has 29 heavy (non-hydrogen) atoms. The molecule has 0 spiro atoms. The van der Waals surface area contributed by atoms with Crippen molar-refractivity contribution in [3.8, 4) is 0 Å². The van der Waals surface area contributed by atoms with Crippen LogP contribution in [-0.4, -0.2) is 85.2 Å². The number of amides is 1. The Morgan fingerprint density at radius 1 is 1.14 bits per heavy atom. The molecule has 1 aromatic rings. The van der Waals surface area contributed by atoms with Gasteiger partial charge in [-0.25, -0.2) is 0 Å². The zero-order chi connectivity index (χ0) is 20.3. The van der Waals surface area contributed by atoms with Crippen molar-refractivity contribution < 1.29 is 9.53 Å². The molecule has 0 saturated carbocycles. The summed E-state index contributed by atoms with van der Waals surface area (Å²) in [5.74, 6) is 0.300. The Morgan fingerprint density at radius 2 is 1.83 bits per heavy atom. The molecule has 5 nitrogen and oxygen atoms in total. The Labute approximate surface area is 176 Å². The topological polar surface area (TPSA) is 36.0 Å². The van der Waals surface area contributed by atoms with Crippen LogP contribution in [0.25, 0.3) is 0 Å². The van der Waals surface area contributed by atoms with Gasteiger partial charge in [-0.15, -0.1) is 0 Å². The molecule has 2 aliphatic heterocycles. The van der Waals surface area contributed by atoms with Crippen molar-refractivity contribution in [2.75, 3.05) is 52.9 Å². The van der Waals surface area contributed by atoms with E-state index in [0.717, 1.165) is 71.6 Å². The first-order valence-electron chi connectivity index (χ1n) is 11.5. The van der Waals surface area contributed by atoms with Gasteiger partial charge < -0.3 is 14.5 Å². The van der Waals surface area contributed by atoms with Crippen LogP contribution >= 0.6 is 0 Å². The predicted octanol–water partition coefficient (Wildman–Crippen LogP) is 2.58. The summed E-state index contributed by atoms with van der Waals surface area (Å²) < 4.78 is 5.90. The van der Waals surface area contributed by atoms with Crippen LogP contribution in [0, 0.1) is 0 Å². The highest BCUT2D eigenvalue weighted by atomic mass is 16.5. The molecule has 2 saturated heterocycles. The molecule has 1 atom stereocenters. The highest BCUT2D eigenvalue weighted by Gasteiger charge is 2.50. The van der Waals surface area contributed by atoms with Gasteiger partial charge in [0.05, 0.1) is 6.10 Å². The summed E-state index contributed by atoms with van der Waals surface area (Å²) >= 11 is 0. The van der Waals surface area contributed by atoms with Crippen molar-refractivity contribution in [1.82, 2.24) is 14.7 Å². The molecule has 1 aromatic carbocycles. The number of fused-ring (bicyclic) bond motifs is 1. The number of piperazine rings is 1. The lowest BCUT2D eigenvalue weighted by molar-refractivity contribution is -0.145. The fourth-order valence-electron chi connectivity index (χ4n) is 5.43. The molecule has 1 amide bonds. The van der Waals surface area contributed by atoms with Gasteiger partial charge in [0, 0.05) is 59.2 Å². The highest BCUT2D eigenvalue weighted by molar-refractivity contribution is 5.88. The van der Waals surface area contributed by atoms with Crippen LogP contribution in [0.5, 0.6) is 0 Å². The number of ether oxygens (including phenoxy) is 1. The third-order valence-corrected chi connectivity index (χ3v) is 7.31. The average Bonchev–Trinajstić information content (AvgIpc) is 3.18. The Bertz CT molecular complexity index is 668. The van der Waals surface area contributed by atoms with E-state index in [9.17, 15) is 4.79 Å². The second-order valence-electron chi connectivity index (χ2n) is 9.08. The molecule has 160 valence electrons. The minimum absolute atomic E-state index is 0.300. The molecule has 0 N–H and O–H groups in total. The smallest absolute Gasteiger partial charge is 0.243 e. The van der Waals surface area contributed by atoms with E-state index in [1.807, 2.05) is 11.9 Å². The molecule has 0 aromatic heterocycles. The largest absolute Gasteiger partial charge is 0.378 e. The zero-order valence-corrected chi connectivity index (χ0v) is 18.2. The van der Waals surface area contributed by atoms with Gasteiger partial charge in [0.1, 0.15) is 5.54 Å². The van der Waals surface area contributed by atoms with Crippen molar-refractivity contribution in [2.45, 2.75) is 57.1 Å². The van der Waals surface area contributed by atoms with Gasteiger partial charge in [-0.1, -0.05) is 31.2 Å². The summed E-state index contributed by atoms with van der Waals surface area (Å²) in [7, 11) is 2.00. The van der Waals surface area contributed by atoms with Crippen molar-refractivity contribution in [1.29, 1.82) is 0 Å². The Hall–Kier alpha value is -1.43. The first-order chi connectivity index (χ1) is 14.1. The molecule has 3 aliphatic rings. The van der Waals surface area contributed by atoms with E-state index in [-0.39, 0.29) is 0 Å². The third kappa shape index (κ3) is 4.37. The van der Waals surface area contributed by atoms with E-state index >= 15 is 0 Å². The SMILES string of the molecule is CCN1CCN(C2(C(=O)N(C)CCC3CCCCO3)Cc3ccccc3C2)CC1. The Kier molecular flexibility index (Phi) is 6.57. The summed E-state index contributed by atoms with van der Waals surface area (Å²) in [5, 5.41) is 0. The summed E-state index contributed by atoms with van der Waals surface area (Å²) in [6, 6.07) is 8.64. The fourth-order valence-corrected chi connectivity index (χ4v) is 5.43. The predicted molar refractivity (Wildman–Crippen MR) is 116 cm³/mol. The number of hydrogen-bond donors (Lipinski definition) is 0. The summed E-state index contributed by atoms with van der Waals surface area (Å²) in [6.07, 6.45) is 6.53. The van der Waals surface area contributed by atoms with E-state index in [0.29, 0.717) is 12.0 Å². The van der Waals surface area contributed by atoms with Crippen LogP contribution in [0.4, 0.5) is 0 Å². The number of rotatable bonds is 6. The molecular formula is C24H37N3O2. The van der Waals surface area contributed by atoms with Crippen LogP contribution < -0.4 is 0 Å². The van der Waals surface area contributed by atoms with Gasteiger partial charge >= 0.3 is 0 Å². The van der Waals surface area contributed by atoms with Gasteiger partial charge in [0.15, 0.2) is 0 Å².